The zero-order chi connectivity index (χ0) is 19.7. The van der Waals surface area contributed by atoms with Crippen LogP contribution in [0, 0.1) is 0 Å². The number of carbonyl (C=O) groups excluding carboxylic acids is 4. The molecule has 0 aliphatic carbocycles. The van der Waals surface area contributed by atoms with E-state index in [0.717, 1.165) is 0 Å². The molecule has 26 heavy (non-hydrogen) atoms. The standard InChI is InChI=1S/C18H22O8/c1-11(19)23-9-17(25-13(3)21)15-6-5-7-16(8-15)18(26-14(4)22)10-24-12(2)20/h5-8,17-18H,9-10H2,1-4H3. The number of rotatable bonds is 8. The molecule has 1 rings (SSSR count). The van der Waals surface area contributed by atoms with Gasteiger partial charge in [-0.25, -0.2) is 0 Å². The number of hydrogen-bond acceptors (Lipinski definition) is 8. The molecular formula is C18H22O8. The van der Waals surface area contributed by atoms with Gasteiger partial charge in [-0.2, -0.15) is 0 Å². The summed E-state index contributed by atoms with van der Waals surface area (Å²) in [5.41, 5.74) is 1.08. The van der Waals surface area contributed by atoms with Gasteiger partial charge in [-0.15, -0.1) is 0 Å². The van der Waals surface area contributed by atoms with Crippen molar-refractivity contribution in [3.63, 3.8) is 0 Å². The third-order valence-electron chi connectivity index (χ3n) is 3.15. The van der Waals surface area contributed by atoms with Gasteiger partial charge in [-0.05, 0) is 17.2 Å². The first-order chi connectivity index (χ1) is 12.2. The number of benzene rings is 1. The van der Waals surface area contributed by atoms with Crippen molar-refractivity contribution < 1.29 is 38.1 Å². The van der Waals surface area contributed by atoms with Gasteiger partial charge in [0.15, 0.2) is 12.2 Å². The van der Waals surface area contributed by atoms with Crippen LogP contribution in [0.1, 0.15) is 51.0 Å². The number of carbonyl (C=O) groups is 4. The Bertz CT molecular complexity index is 614. The minimum atomic E-state index is -0.817. The van der Waals surface area contributed by atoms with Crippen LogP contribution in [0.2, 0.25) is 0 Å². The predicted molar refractivity (Wildman–Crippen MR) is 88.7 cm³/mol. The molecule has 142 valence electrons. The smallest absolute Gasteiger partial charge is 0.303 e. The normalized spacial score (nSPS) is 12.5. The maximum Gasteiger partial charge on any atom is 0.303 e. The van der Waals surface area contributed by atoms with E-state index in [1.165, 1.54) is 27.7 Å². The zero-order valence-corrected chi connectivity index (χ0v) is 15.1. The molecule has 0 aliphatic heterocycles. The van der Waals surface area contributed by atoms with Crippen LogP contribution in [0.15, 0.2) is 24.3 Å². The van der Waals surface area contributed by atoms with Crippen molar-refractivity contribution in [2.45, 2.75) is 39.9 Å². The van der Waals surface area contributed by atoms with Gasteiger partial charge >= 0.3 is 23.9 Å². The van der Waals surface area contributed by atoms with E-state index in [2.05, 4.69) is 0 Å². The molecule has 1 aromatic carbocycles. The predicted octanol–water partition coefficient (Wildman–Crippen LogP) is 2.02. The minimum absolute atomic E-state index is 0.152. The quantitative estimate of drug-likeness (QED) is 0.508. The van der Waals surface area contributed by atoms with Gasteiger partial charge in [0.05, 0.1) is 0 Å². The topological polar surface area (TPSA) is 105 Å². The van der Waals surface area contributed by atoms with Crippen LogP contribution in [0.25, 0.3) is 0 Å². The summed E-state index contributed by atoms with van der Waals surface area (Å²) in [6.07, 6.45) is -1.63. The van der Waals surface area contributed by atoms with E-state index < -0.39 is 36.1 Å². The lowest BCUT2D eigenvalue weighted by molar-refractivity contribution is -0.157. The van der Waals surface area contributed by atoms with E-state index in [9.17, 15) is 19.2 Å². The molecule has 0 saturated carbocycles. The largest absolute Gasteiger partial charge is 0.462 e. The summed E-state index contributed by atoms with van der Waals surface area (Å²) in [4.78, 5) is 44.7. The van der Waals surface area contributed by atoms with Crippen LogP contribution < -0.4 is 0 Å². The van der Waals surface area contributed by atoms with E-state index in [4.69, 9.17) is 18.9 Å². The minimum Gasteiger partial charge on any atom is -0.462 e. The molecule has 8 heteroatoms. The number of ether oxygens (including phenoxy) is 4. The average Bonchev–Trinajstić information content (AvgIpc) is 2.54. The Morgan fingerprint density at radius 2 is 1.12 bits per heavy atom. The molecule has 0 bridgehead atoms. The molecule has 0 N–H and O–H groups in total. The maximum atomic E-state index is 11.3. The van der Waals surface area contributed by atoms with Crippen molar-refractivity contribution in [2.24, 2.45) is 0 Å². The van der Waals surface area contributed by atoms with Crippen LogP contribution in [0.4, 0.5) is 0 Å². The maximum absolute atomic E-state index is 11.3. The molecule has 2 unspecified atom stereocenters. The van der Waals surface area contributed by atoms with Crippen LogP contribution in [-0.4, -0.2) is 37.1 Å². The van der Waals surface area contributed by atoms with E-state index >= 15 is 0 Å². The second kappa shape index (κ2) is 10.2. The Kier molecular flexibility index (Phi) is 8.27. The summed E-state index contributed by atoms with van der Waals surface area (Å²) < 4.78 is 20.2. The first kappa shape index (κ1) is 21.1. The van der Waals surface area contributed by atoms with Gasteiger partial charge in [0.1, 0.15) is 13.2 Å². The SMILES string of the molecule is CC(=O)OCC(OC(C)=O)c1cccc(C(COC(C)=O)OC(C)=O)c1. The van der Waals surface area contributed by atoms with Gasteiger partial charge in [0.2, 0.25) is 0 Å². The second-order valence-corrected chi connectivity index (χ2v) is 5.47. The fourth-order valence-corrected chi connectivity index (χ4v) is 2.14. The monoisotopic (exact) mass is 366 g/mol. The molecule has 0 spiro atoms. The summed E-state index contributed by atoms with van der Waals surface area (Å²) >= 11 is 0. The van der Waals surface area contributed by atoms with Gasteiger partial charge in [-0.3, -0.25) is 19.2 Å². The summed E-state index contributed by atoms with van der Waals surface area (Å²) in [7, 11) is 0. The molecule has 0 saturated heterocycles. The van der Waals surface area contributed by atoms with Crippen molar-refractivity contribution in [1.82, 2.24) is 0 Å². The van der Waals surface area contributed by atoms with Crippen LogP contribution in [-0.2, 0) is 38.1 Å². The van der Waals surface area contributed by atoms with E-state index in [1.807, 2.05) is 0 Å². The third-order valence-corrected chi connectivity index (χ3v) is 3.15. The molecule has 0 radical (unpaired) electrons. The van der Waals surface area contributed by atoms with E-state index in [-0.39, 0.29) is 13.2 Å². The molecule has 0 fully saturated rings. The van der Waals surface area contributed by atoms with Crippen LogP contribution >= 0.6 is 0 Å². The molecule has 0 heterocycles. The van der Waals surface area contributed by atoms with Gasteiger partial charge in [0.25, 0.3) is 0 Å². The molecule has 2 atom stereocenters. The van der Waals surface area contributed by atoms with Crippen molar-refractivity contribution in [3.05, 3.63) is 35.4 Å². The van der Waals surface area contributed by atoms with E-state index in [0.29, 0.717) is 11.1 Å². The van der Waals surface area contributed by atoms with Gasteiger partial charge < -0.3 is 18.9 Å². The molecule has 0 aromatic heterocycles. The molecular weight excluding hydrogens is 344 g/mol. The molecule has 0 aliphatic rings. The zero-order valence-electron chi connectivity index (χ0n) is 15.1. The fourth-order valence-electron chi connectivity index (χ4n) is 2.14. The highest BCUT2D eigenvalue weighted by atomic mass is 16.6. The first-order valence-electron chi connectivity index (χ1n) is 7.90. The lowest BCUT2D eigenvalue weighted by Crippen LogP contribution is -2.19. The van der Waals surface area contributed by atoms with Gasteiger partial charge in [-0.1, -0.05) is 18.2 Å². The first-order valence-corrected chi connectivity index (χ1v) is 7.90. The van der Waals surface area contributed by atoms with Gasteiger partial charge in [0, 0.05) is 27.7 Å². The molecule has 0 amide bonds. The summed E-state index contributed by atoms with van der Waals surface area (Å²) in [5, 5.41) is 0. The van der Waals surface area contributed by atoms with Crippen molar-refractivity contribution in [1.29, 1.82) is 0 Å². The Balaban J connectivity index is 3.08. The highest BCUT2D eigenvalue weighted by Crippen LogP contribution is 2.25. The lowest BCUT2D eigenvalue weighted by atomic mass is 10.0. The van der Waals surface area contributed by atoms with Crippen molar-refractivity contribution in [2.75, 3.05) is 13.2 Å². The summed E-state index contributed by atoms with van der Waals surface area (Å²) in [5.74, 6) is -2.09. The Labute approximate surface area is 151 Å². The number of hydrogen-bond donors (Lipinski definition) is 0. The van der Waals surface area contributed by atoms with Crippen molar-refractivity contribution in [3.8, 4) is 0 Å². The highest BCUT2D eigenvalue weighted by Gasteiger charge is 2.21. The summed E-state index contributed by atoms with van der Waals surface area (Å²) in [6, 6.07) is 6.65. The highest BCUT2D eigenvalue weighted by molar-refractivity contribution is 5.68. The van der Waals surface area contributed by atoms with Crippen molar-refractivity contribution >= 4 is 23.9 Å². The summed E-state index contributed by atoms with van der Waals surface area (Å²) in [6.45, 7) is 4.68. The molecule has 1 aromatic rings. The fraction of sp³-hybridized carbons (Fsp3) is 0.444. The van der Waals surface area contributed by atoms with Crippen LogP contribution in [0.5, 0.6) is 0 Å². The Morgan fingerprint density at radius 3 is 1.42 bits per heavy atom. The third kappa shape index (κ3) is 7.78. The Morgan fingerprint density at radius 1 is 0.731 bits per heavy atom. The molecule has 8 nitrogen and oxygen atoms in total. The Hall–Kier alpha value is -2.90. The second-order valence-electron chi connectivity index (χ2n) is 5.47. The average molecular weight is 366 g/mol. The van der Waals surface area contributed by atoms with E-state index in [1.54, 1.807) is 24.3 Å². The number of esters is 4. The van der Waals surface area contributed by atoms with Crippen LogP contribution in [0.3, 0.4) is 0 Å². The lowest BCUT2D eigenvalue weighted by Gasteiger charge is -2.21.